The van der Waals surface area contributed by atoms with Crippen molar-refractivity contribution in [2.75, 3.05) is 11.9 Å². The molecule has 2 heterocycles. The first-order valence-electron chi connectivity index (χ1n) is 7.86. The molecule has 124 valence electrons. The molecule has 1 atom stereocenters. The number of hydrogen-bond donors (Lipinski definition) is 2. The number of rotatable bonds is 4. The Hall–Kier alpha value is -2.96. The number of benzene rings is 1. The van der Waals surface area contributed by atoms with E-state index in [1.165, 1.54) is 12.1 Å². The van der Waals surface area contributed by atoms with Gasteiger partial charge < -0.3 is 10.2 Å². The van der Waals surface area contributed by atoms with Crippen LogP contribution in [0.1, 0.15) is 30.9 Å². The van der Waals surface area contributed by atoms with Gasteiger partial charge in [0.15, 0.2) is 5.82 Å². The van der Waals surface area contributed by atoms with Crippen molar-refractivity contribution in [2.24, 2.45) is 0 Å². The minimum absolute atomic E-state index is 0.0281. The summed E-state index contributed by atoms with van der Waals surface area (Å²) in [5.41, 5.74) is 0.397. The molecule has 3 rings (SSSR count). The summed E-state index contributed by atoms with van der Waals surface area (Å²) in [6.45, 7) is 0.546. The molecule has 2 amide bonds. The third kappa shape index (κ3) is 3.51. The average Bonchev–Trinajstić information content (AvgIpc) is 2.60. The molecule has 1 aromatic heterocycles. The topological polar surface area (TPSA) is 95.2 Å². The maximum absolute atomic E-state index is 12.8. The number of piperidine rings is 1. The molecule has 0 saturated carbocycles. The summed E-state index contributed by atoms with van der Waals surface area (Å²) >= 11 is 0. The Kier molecular flexibility index (Phi) is 4.69. The van der Waals surface area contributed by atoms with E-state index in [1.807, 2.05) is 30.3 Å². The highest BCUT2D eigenvalue weighted by atomic mass is 16.2. The number of H-pyrrole nitrogens is 1. The Labute approximate surface area is 138 Å². The summed E-state index contributed by atoms with van der Waals surface area (Å²) in [5.74, 6) is -0.138. The number of aromatic amines is 1. The van der Waals surface area contributed by atoms with Crippen molar-refractivity contribution in [1.29, 1.82) is 0 Å². The molecule has 0 aliphatic carbocycles. The molecule has 1 aliphatic rings. The van der Waals surface area contributed by atoms with Crippen molar-refractivity contribution < 1.29 is 9.59 Å². The molecular formula is C17H18N4O3. The standard InChI is InChI=1S/C17H18N4O3/c22-14-10-9-13(19-20-14)18-17(24)16(12-6-2-1-3-7-12)21-11-5-4-8-15(21)23/h1-3,6-7,9-10,16H,4-5,8,11H2,(H,20,22)(H,18,19,24)/t16-/m0/s1. The molecule has 2 aromatic rings. The number of nitrogens with zero attached hydrogens (tertiary/aromatic N) is 2. The zero-order chi connectivity index (χ0) is 16.9. The van der Waals surface area contributed by atoms with Crippen LogP contribution in [-0.2, 0) is 9.59 Å². The second-order valence-corrected chi connectivity index (χ2v) is 5.65. The van der Waals surface area contributed by atoms with Crippen LogP contribution >= 0.6 is 0 Å². The van der Waals surface area contributed by atoms with E-state index in [2.05, 4.69) is 15.5 Å². The smallest absolute Gasteiger partial charge is 0.264 e. The average molecular weight is 326 g/mol. The molecule has 0 bridgehead atoms. The molecular weight excluding hydrogens is 308 g/mol. The zero-order valence-corrected chi connectivity index (χ0v) is 13.1. The summed E-state index contributed by atoms with van der Waals surface area (Å²) in [7, 11) is 0. The minimum atomic E-state index is -0.715. The lowest BCUT2D eigenvalue weighted by atomic mass is 10.0. The van der Waals surface area contributed by atoms with Gasteiger partial charge in [-0.3, -0.25) is 14.4 Å². The Balaban J connectivity index is 1.88. The van der Waals surface area contributed by atoms with Crippen molar-refractivity contribution >= 4 is 17.6 Å². The van der Waals surface area contributed by atoms with Crippen LogP contribution in [0.25, 0.3) is 0 Å². The number of anilines is 1. The SMILES string of the molecule is O=C(Nc1ccc(=O)[nH]n1)[C@H](c1ccccc1)N1CCCCC1=O. The van der Waals surface area contributed by atoms with Gasteiger partial charge in [-0.15, -0.1) is 0 Å². The van der Waals surface area contributed by atoms with Crippen molar-refractivity contribution in [3.8, 4) is 0 Å². The lowest BCUT2D eigenvalue weighted by Gasteiger charge is -2.33. The summed E-state index contributed by atoms with van der Waals surface area (Å²) in [5, 5.41) is 8.73. The van der Waals surface area contributed by atoms with Crippen molar-refractivity contribution in [3.05, 3.63) is 58.4 Å². The molecule has 0 unspecified atom stereocenters. The van der Waals surface area contributed by atoms with E-state index in [-0.39, 0.29) is 23.2 Å². The normalized spacial score (nSPS) is 15.8. The highest BCUT2D eigenvalue weighted by molar-refractivity contribution is 5.97. The Morgan fingerprint density at radius 1 is 1.12 bits per heavy atom. The molecule has 7 nitrogen and oxygen atoms in total. The lowest BCUT2D eigenvalue weighted by molar-refractivity contribution is -0.141. The Morgan fingerprint density at radius 3 is 2.58 bits per heavy atom. The highest BCUT2D eigenvalue weighted by Gasteiger charge is 2.32. The van der Waals surface area contributed by atoms with Gasteiger partial charge in [0.25, 0.3) is 11.5 Å². The van der Waals surface area contributed by atoms with Crippen LogP contribution in [0.15, 0.2) is 47.3 Å². The van der Waals surface area contributed by atoms with Crippen molar-refractivity contribution in [1.82, 2.24) is 15.1 Å². The van der Waals surface area contributed by atoms with E-state index in [4.69, 9.17) is 0 Å². The molecule has 24 heavy (non-hydrogen) atoms. The van der Waals surface area contributed by atoms with E-state index >= 15 is 0 Å². The van der Waals surface area contributed by atoms with Crippen LogP contribution in [0, 0.1) is 0 Å². The third-order valence-electron chi connectivity index (χ3n) is 3.97. The van der Waals surface area contributed by atoms with Gasteiger partial charge in [0.1, 0.15) is 6.04 Å². The van der Waals surface area contributed by atoms with Crippen molar-refractivity contribution in [2.45, 2.75) is 25.3 Å². The number of amides is 2. The van der Waals surface area contributed by atoms with Gasteiger partial charge in [0.2, 0.25) is 5.91 Å². The molecule has 7 heteroatoms. The fraction of sp³-hybridized carbons (Fsp3) is 0.294. The summed E-state index contributed by atoms with van der Waals surface area (Å²) < 4.78 is 0. The summed E-state index contributed by atoms with van der Waals surface area (Å²) in [4.78, 5) is 37.8. The van der Waals surface area contributed by atoms with Crippen LogP contribution in [-0.4, -0.2) is 33.5 Å². The van der Waals surface area contributed by atoms with Crippen LogP contribution in [0.2, 0.25) is 0 Å². The van der Waals surface area contributed by atoms with Gasteiger partial charge in [0.05, 0.1) is 0 Å². The van der Waals surface area contributed by atoms with Crippen molar-refractivity contribution in [3.63, 3.8) is 0 Å². The molecule has 0 radical (unpaired) electrons. The predicted octanol–water partition coefficient (Wildman–Crippen LogP) is 1.46. The summed E-state index contributed by atoms with van der Waals surface area (Å²) in [6.07, 6.45) is 2.17. The van der Waals surface area contributed by atoms with Gasteiger partial charge in [0, 0.05) is 19.0 Å². The van der Waals surface area contributed by atoms with Gasteiger partial charge in [-0.25, -0.2) is 5.10 Å². The lowest BCUT2D eigenvalue weighted by Crippen LogP contribution is -2.43. The monoisotopic (exact) mass is 326 g/mol. The van der Waals surface area contributed by atoms with Gasteiger partial charge in [-0.1, -0.05) is 30.3 Å². The largest absolute Gasteiger partial charge is 0.327 e. The second-order valence-electron chi connectivity index (χ2n) is 5.65. The minimum Gasteiger partial charge on any atom is -0.327 e. The fourth-order valence-corrected chi connectivity index (χ4v) is 2.82. The van der Waals surface area contributed by atoms with Crippen LogP contribution in [0.5, 0.6) is 0 Å². The Bertz CT molecular complexity index is 767. The summed E-state index contributed by atoms with van der Waals surface area (Å²) in [6, 6.07) is 11.2. The second kappa shape index (κ2) is 7.08. The van der Waals surface area contributed by atoms with E-state index < -0.39 is 6.04 Å². The maximum Gasteiger partial charge on any atom is 0.264 e. The van der Waals surface area contributed by atoms with Crippen LogP contribution in [0.3, 0.4) is 0 Å². The highest BCUT2D eigenvalue weighted by Crippen LogP contribution is 2.26. The number of nitrogens with one attached hydrogen (secondary N) is 2. The molecule has 1 aromatic carbocycles. The van der Waals surface area contributed by atoms with E-state index in [0.717, 1.165) is 18.4 Å². The number of hydrogen-bond acceptors (Lipinski definition) is 4. The number of carbonyl (C=O) groups excluding carboxylic acids is 2. The maximum atomic E-state index is 12.8. The molecule has 2 N–H and O–H groups in total. The quantitative estimate of drug-likeness (QED) is 0.889. The molecule has 1 aliphatic heterocycles. The number of carbonyl (C=O) groups is 2. The molecule has 1 saturated heterocycles. The fourth-order valence-electron chi connectivity index (χ4n) is 2.82. The number of likely N-dealkylation sites (tertiary alicyclic amines) is 1. The molecule has 1 fully saturated rings. The first kappa shape index (κ1) is 15.9. The predicted molar refractivity (Wildman–Crippen MR) is 88.2 cm³/mol. The van der Waals surface area contributed by atoms with Crippen LogP contribution in [0.4, 0.5) is 5.82 Å². The van der Waals surface area contributed by atoms with E-state index in [0.29, 0.717) is 13.0 Å². The van der Waals surface area contributed by atoms with E-state index in [9.17, 15) is 14.4 Å². The molecule has 0 spiro atoms. The first-order chi connectivity index (χ1) is 11.6. The third-order valence-corrected chi connectivity index (χ3v) is 3.97. The van der Waals surface area contributed by atoms with Gasteiger partial charge >= 0.3 is 0 Å². The first-order valence-corrected chi connectivity index (χ1v) is 7.86. The Morgan fingerprint density at radius 2 is 1.92 bits per heavy atom. The van der Waals surface area contributed by atoms with Gasteiger partial charge in [-0.2, -0.15) is 5.10 Å². The van der Waals surface area contributed by atoms with Gasteiger partial charge in [-0.05, 0) is 24.5 Å². The number of aromatic nitrogens is 2. The van der Waals surface area contributed by atoms with Crippen LogP contribution < -0.4 is 10.9 Å². The zero-order valence-electron chi connectivity index (χ0n) is 13.1. The van der Waals surface area contributed by atoms with E-state index in [1.54, 1.807) is 4.90 Å².